The summed E-state index contributed by atoms with van der Waals surface area (Å²) < 4.78 is 5.51. The summed E-state index contributed by atoms with van der Waals surface area (Å²) in [5, 5.41) is 23.3. The van der Waals surface area contributed by atoms with Crippen molar-refractivity contribution >= 4 is 11.9 Å². The molecule has 0 aliphatic carbocycles. The molecule has 0 aromatic heterocycles. The molecule has 0 saturated heterocycles. The van der Waals surface area contributed by atoms with Crippen LogP contribution in [0.2, 0.25) is 0 Å². The number of hydrogen-bond acceptors (Lipinski definition) is 5. The number of carbonyl (C=O) groups is 2. The number of aliphatic hydroxyl groups is 2. The third-order valence-electron chi connectivity index (χ3n) is 21.2. The fraction of sp³-hybridized carbons (Fsp3) is 0.933. The molecule has 0 heterocycles. The lowest BCUT2D eigenvalue weighted by atomic mass is 10.0. The van der Waals surface area contributed by atoms with Crippen LogP contribution in [-0.4, -0.2) is 47.4 Å². The van der Waals surface area contributed by atoms with Gasteiger partial charge in [0.05, 0.1) is 25.4 Å². The lowest BCUT2D eigenvalue weighted by Gasteiger charge is -2.20. The second-order valence-corrected chi connectivity index (χ2v) is 30.9. The number of unbranched alkanes of at least 4 members (excludes halogenated alkanes) is 72. The molecule has 6 nitrogen and oxygen atoms in total. The molecule has 1 amide bonds. The smallest absolute Gasteiger partial charge is 0.305 e. The zero-order chi connectivity index (χ0) is 69.1. The molecule has 0 rings (SSSR count). The summed E-state index contributed by atoms with van der Waals surface area (Å²) in [5.74, 6) is -0.0382. The van der Waals surface area contributed by atoms with Gasteiger partial charge in [-0.25, -0.2) is 0 Å². The number of esters is 1. The van der Waals surface area contributed by atoms with Crippen LogP contribution in [0.25, 0.3) is 0 Å². The van der Waals surface area contributed by atoms with E-state index in [0.717, 1.165) is 44.9 Å². The van der Waals surface area contributed by atoms with E-state index in [-0.39, 0.29) is 18.5 Å². The highest BCUT2D eigenvalue weighted by Gasteiger charge is 2.18. The van der Waals surface area contributed by atoms with Gasteiger partial charge in [-0.3, -0.25) is 9.59 Å². The standard InChI is InChI=1S/C90H175NO5/c1-3-5-7-9-11-13-15-17-19-21-22-23-24-42-45-48-51-54-58-62-66-70-74-78-82-88(93)87(86-92)91-89(94)83-79-75-71-67-63-59-55-52-49-46-43-40-38-36-34-32-30-28-26-25-27-29-31-33-35-37-39-41-44-47-50-53-57-61-65-69-73-77-81-85-96-90(95)84-80-76-72-68-64-60-56-20-18-16-14-12-10-8-6-4-2/h20,56,78,82,87-88,92-93H,3-19,21-55,57-77,79-81,83-86H2,1-2H3,(H,91,94)/b56-20-,82-78+. The number of allylic oxidation sites excluding steroid dienone is 3. The van der Waals surface area contributed by atoms with Crippen molar-refractivity contribution in [2.45, 2.75) is 527 Å². The Bertz CT molecular complexity index is 1510. The van der Waals surface area contributed by atoms with Crippen molar-refractivity contribution in [3.8, 4) is 0 Å². The Kier molecular flexibility index (Phi) is 84.3. The first-order chi connectivity index (χ1) is 47.5. The maximum atomic E-state index is 12.6. The molecule has 0 aliphatic rings. The fourth-order valence-corrected chi connectivity index (χ4v) is 14.5. The van der Waals surface area contributed by atoms with Gasteiger partial charge < -0.3 is 20.3 Å². The van der Waals surface area contributed by atoms with Crippen LogP contribution in [0.5, 0.6) is 0 Å². The van der Waals surface area contributed by atoms with E-state index in [1.54, 1.807) is 6.08 Å². The number of aliphatic hydroxyl groups excluding tert-OH is 2. The van der Waals surface area contributed by atoms with Gasteiger partial charge >= 0.3 is 5.97 Å². The van der Waals surface area contributed by atoms with Crippen LogP contribution in [0.15, 0.2) is 24.3 Å². The van der Waals surface area contributed by atoms with Crippen molar-refractivity contribution in [3.05, 3.63) is 24.3 Å². The minimum atomic E-state index is -0.842. The Balaban J connectivity index is 3.32. The first-order valence-electron chi connectivity index (χ1n) is 44.6. The van der Waals surface area contributed by atoms with Crippen LogP contribution in [0.3, 0.4) is 0 Å². The summed E-state index contributed by atoms with van der Waals surface area (Å²) in [4.78, 5) is 24.7. The van der Waals surface area contributed by atoms with Gasteiger partial charge in [0.25, 0.3) is 0 Å². The quantitative estimate of drug-likeness (QED) is 0.0320. The van der Waals surface area contributed by atoms with Gasteiger partial charge in [-0.15, -0.1) is 0 Å². The molecule has 0 saturated carbocycles. The van der Waals surface area contributed by atoms with Crippen molar-refractivity contribution in [3.63, 3.8) is 0 Å². The second-order valence-electron chi connectivity index (χ2n) is 30.9. The molecule has 6 heteroatoms. The molecule has 96 heavy (non-hydrogen) atoms. The van der Waals surface area contributed by atoms with Gasteiger partial charge in [-0.05, 0) is 57.8 Å². The minimum absolute atomic E-state index is 0.0177. The van der Waals surface area contributed by atoms with Gasteiger partial charge in [-0.2, -0.15) is 0 Å². The molecular weight excluding hydrogens is 1170 g/mol. The normalized spacial score (nSPS) is 12.5. The topological polar surface area (TPSA) is 95.9 Å². The van der Waals surface area contributed by atoms with E-state index in [1.807, 2.05) is 6.08 Å². The van der Waals surface area contributed by atoms with Gasteiger partial charge in [0.2, 0.25) is 5.91 Å². The highest BCUT2D eigenvalue weighted by atomic mass is 16.5. The zero-order valence-electron chi connectivity index (χ0n) is 65.7. The van der Waals surface area contributed by atoms with Crippen molar-refractivity contribution < 1.29 is 24.5 Å². The highest BCUT2D eigenvalue weighted by Crippen LogP contribution is 2.21. The Morgan fingerprint density at radius 3 is 0.740 bits per heavy atom. The predicted octanol–water partition coefficient (Wildman–Crippen LogP) is 29.9. The monoisotopic (exact) mass is 1350 g/mol. The largest absolute Gasteiger partial charge is 0.466 e. The van der Waals surface area contributed by atoms with Gasteiger partial charge in [0, 0.05) is 12.8 Å². The average molecular weight is 1350 g/mol. The minimum Gasteiger partial charge on any atom is -0.466 e. The van der Waals surface area contributed by atoms with Crippen LogP contribution in [0, 0.1) is 0 Å². The number of amides is 1. The molecule has 0 radical (unpaired) electrons. The summed E-state index contributed by atoms with van der Waals surface area (Å²) in [6.45, 7) is 4.96. The van der Waals surface area contributed by atoms with Gasteiger partial charge in [0.15, 0.2) is 0 Å². The molecule has 0 bridgehead atoms. The Morgan fingerprint density at radius 1 is 0.281 bits per heavy atom. The molecule has 0 fully saturated rings. The van der Waals surface area contributed by atoms with E-state index < -0.39 is 12.1 Å². The molecule has 2 unspecified atom stereocenters. The second kappa shape index (κ2) is 85.8. The maximum absolute atomic E-state index is 12.6. The molecule has 0 aliphatic heterocycles. The van der Waals surface area contributed by atoms with Crippen molar-refractivity contribution in [2.24, 2.45) is 0 Å². The van der Waals surface area contributed by atoms with Crippen molar-refractivity contribution in [2.75, 3.05) is 13.2 Å². The maximum Gasteiger partial charge on any atom is 0.305 e. The summed E-state index contributed by atoms with van der Waals surface area (Å²) >= 11 is 0. The average Bonchev–Trinajstić information content (AvgIpc) is 2.37. The first-order valence-corrected chi connectivity index (χ1v) is 44.6. The summed E-state index contributed by atoms with van der Waals surface area (Å²) in [5.41, 5.74) is 0. The summed E-state index contributed by atoms with van der Waals surface area (Å²) in [6, 6.07) is -0.624. The van der Waals surface area contributed by atoms with Crippen molar-refractivity contribution in [1.82, 2.24) is 5.32 Å². The van der Waals surface area contributed by atoms with E-state index in [9.17, 15) is 19.8 Å². The molecular formula is C90H175NO5. The van der Waals surface area contributed by atoms with E-state index in [2.05, 4.69) is 31.3 Å². The Labute approximate surface area is 602 Å². The molecule has 2 atom stereocenters. The number of carbonyl (C=O) groups excluding carboxylic acids is 2. The van der Waals surface area contributed by atoms with E-state index in [4.69, 9.17) is 4.74 Å². The zero-order valence-corrected chi connectivity index (χ0v) is 65.7. The summed E-state index contributed by atoms with van der Waals surface area (Å²) in [6.07, 6.45) is 112. The number of hydrogen-bond donors (Lipinski definition) is 3. The Morgan fingerprint density at radius 2 is 0.490 bits per heavy atom. The van der Waals surface area contributed by atoms with E-state index in [1.165, 1.54) is 443 Å². The first kappa shape index (κ1) is 94.3. The van der Waals surface area contributed by atoms with Gasteiger partial charge in [0.1, 0.15) is 0 Å². The molecule has 570 valence electrons. The molecule has 0 aromatic carbocycles. The molecule has 0 spiro atoms. The van der Waals surface area contributed by atoms with Crippen LogP contribution in [-0.2, 0) is 14.3 Å². The van der Waals surface area contributed by atoms with Crippen LogP contribution in [0.1, 0.15) is 515 Å². The number of ether oxygens (including phenoxy) is 1. The third-order valence-corrected chi connectivity index (χ3v) is 21.2. The number of rotatable bonds is 85. The molecule has 0 aromatic rings. The SMILES string of the molecule is CCCCCCCCC/C=C\CCCCCCCC(=O)OCCCCCCCCCCCCCCCCCCCCCCCCCCCCCCCCCCCCCCCCCC(=O)NC(CO)C(O)/C=C/CCCCCCCCCCCCCCCCCCCCCCCC. The fourth-order valence-electron chi connectivity index (χ4n) is 14.5. The summed E-state index contributed by atoms with van der Waals surface area (Å²) in [7, 11) is 0. The number of nitrogens with one attached hydrogen (secondary N) is 1. The predicted molar refractivity (Wildman–Crippen MR) is 426 cm³/mol. The van der Waals surface area contributed by atoms with Gasteiger partial charge in [-0.1, -0.05) is 468 Å². The van der Waals surface area contributed by atoms with E-state index in [0.29, 0.717) is 19.4 Å². The highest BCUT2D eigenvalue weighted by molar-refractivity contribution is 5.76. The molecule has 3 N–H and O–H groups in total. The van der Waals surface area contributed by atoms with Crippen LogP contribution < -0.4 is 5.32 Å². The third kappa shape index (κ3) is 81.3. The Hall–Kier alpha value is -1.66. The van der Waals surface area contributed by atoms with E-state index >= 15 is 0 Å². The lowest BCUT2D eigenvalue weighted by Crippen LogP contribution is -2.45. The van der Waals surface area contributed by atoms with Crippen LogP contribution >= 0.6 is 0 Å². The van der Waals surface area contributed by atoms with Crippen molar-refractivity contribution in [1.29, 1.82) is 0 Å². The lowest BCUT2D eigenvalue weighted by molar-refractivity contribution is -0.143. The van der Waals surface area contributed by atoms with Crippen LogP contribution in [0.4, 0.5) is 0 Å².